The average Bonchev–Trinajstić information content (AvgIpc) is 2.80. The largest absolute Gasteiger partial charge is 0.486 e. The van der Waals surface area contributed by atoms with Crippen molar-refractivity contribution in [3.8, 4) is 5.75 Å². The van der Waals surface area contributed by atoms with Crippen LogP contribution in [-0.4, -0.2) is 14.6 Å². The number of nitrogens with two attached hydrogens (primary N) is 1. The summed E-state index contributed by atoms with van der Waals surface area (Å²) in [7, 11) is 0. The Kier molecular flexibility index (Phi) is 2.97. The fourth-order valence-corrected chi connectivity index (χ4v) is 1.84. The van der Waals surface area contributed by atoms with Crippen molar-refractivity contribution in [1.29, 1.82) is 0 Å². The van der Waals surface area contributed by atoms with Gasteiger partial charge < -0.3 is 10.5 Å². The summed E-state index contributed by atoms with van der Waals surface area (Å²) in [6, 6.07) is 11.2. The van der Waals surface area contributed by atoms with Crippen molar-refractivity contribution in [3.05, 3.63) is 53.4 Å². The van der Waals surface area contributed by atoms with Gasteiger partial charge in [0.05, 0.1) is 16.9 Å². The van der Waals surface area contributed by atoms with E-state index in [9.17, 15) is 0 Å². The Labute approximate surface area is 114 Å². The smallest absolute Gasteiger partial charge is 0.189 e. The number of halogens is 1. The number of nitrogen functional groups attached to an aromatic ring is 1. The first-order valence-corrected chi connectivity index (χ1v) is 6.08. The molecule has 0 saturated heterocycles. The van der Waals surface area contributed by atoms with Gasteiger partial charge in [-0.15, -0.1) is 5.10 Å². The van der Waals surface area contributed by atoms with E-state index >= 15 is 0 Å². The Hall–Kier alpha value is -2.27. The molecule has 3 aromatic rings. The van der Waals surface area contributed by atoms with Gasteiger partial charge in [0, 0.05) is 6.07 Å². The summed E-state index contributed by atoms with van der Waals surface area (Å²) in [5.41, 5.74) is 6.82. The van der Waals surface area contributed by atoms with Crippen LogP contribution in [0.4, 0.5) is 5.69 Å². The summed E-state index contributed by atoms with van der Waals surface area (Å²) in [4.78, 5) is 4.32. The summed E-state index contributed by atoms with van der Waals surface area (Å²) in [5, 5.41) is 4.74. The third-order valence-electron chi connectivity index (χ3n) is 2.61. The molecule has 5 nitrogen and oxygen atoms in total. The number of fused-ring (bicyclic) bond motifs is 1. The number of nitrogens with zero attached hydrogens (tertiary/aromatic N) is 3. The van der Waals surface area contributed by atoms with E-state index in [2.05, 4.69) is 10.1 Å². The molecule has 19 heavy (non-hydrogen) atoms. The Balaban J connectivity index is 1.82. The molecule has 0 spiro atoms. The molecule has 0 bridgehead atoms. The summed E-state index contributed by atoms with van der Waals surface area (Å²) in [6.07, 6.45) is 1.64. The number of aromatic nitrogens is 3. The van der Waals surface area contributed by atoms with Gasteiger partial charge in [-0.25, -0.2) is 9.50 Å². The SMILES string of the molecule is Nc1cn2nc(COc3ccccc3)nc2cc1Cl. The van der Waals surface area contributed by atoms with Gasteiger partial charge in [0.1, 0.15) is 12.4 Å². The molecule has 3 rings (SSSR count). The van der Waals surface area contributed by atoms with E-state index in [1.54, 1.807) is 16.8 Å². The fourth-order valence-electron chi connectivity index (χ4n) is 1.69. The predicted molar refractivity (Wildman–Crippen MR) is 73.2 cm³/mol. The minimum Gasteiger partial charge on any atom is -0.486 e. The van der Waals surface area contributed by atoms with Crippen LogP contribution in [-0.2, 0) is 6.61 Å². The second-order valence-electron chi connectivity index (χ2n) is 4.01. The van der Waals surface area contributed by atoms with Crippen molar-refractivity contribution >= 4 is 22.9 Å². The molecule has 96 valence electrons. The highest BCUT2D eigenvalue weighted by Gasteiger charge is 2.07. The third-order valence-corrected chi connectivity index (χ3v) is 2.93. The molecule has 0 radical (unpaired) electrons. The van der Waals surface area contributed by atoms with Crippen molar-refractivity contribution in [2.24, 2.45) is 0 Å². The molecule has 0 aliphatic heterocycles. The van der Waals surface area contributed by atoms with Gasteiger partial charge in [0.2, 0.25) is 0 Å². The summed E-state index contributed by atoms with van der Waals surface area (Å²) < 4.78 is 7.17. The number of benzene rings is 1. The Morgan fingerprint density at radius 1 is 1.26 bits per heavy atom. The minimum atomic E-state index is 0.295. The molecule has 0 aliphatic carbocycles. The number of anilines is 1. The van der Waals surface area contributed by atoms with Crippen LogP contribution in [0.15, 0.2) is 42.6 Å². The molecule has 0 saturated carbocycles. The Morgan fingerprint density at radius 3 is 2.84 bits per heavy atom. The molecular formula is C13H11ClN4O. The van der Waals surface area contributed by atoms with Crippen molar-refractivity contribution < 1.29 is 4.74 Å². The zero-order valence-corrected chi connectivity index (χ0v) is 10.7. The lowest BCUT2D eigenvalue weighted by Crippen LogP contribution is -1.98. The van der Waals surface area contributed by atoms with Crippen molar-refractivity contribution in [2.75, 3.05) is 5.73 Å². The van der Waals surface area contributed by atoms with E-state index in [0.29, 0.717) is 28.8 Å². The van der Waals surface area contributed by atoms with Crippen LogP contribution >= 0.6 is 11.6 Å². The average molecular weight is 275 g/mol. The number of hydrogen-bond acceptors (Lipinski definition) is 4. The highest BCUT2D eigenvalue weighted by molar-refractivity contribution is 6.33. The topological polar surface area (TPSA) is 65.4 Å². The molecule has 2 heterocycles. The lowest BCUT2D eigenvalue weighted by Gasteiger charge is -2.01. The standard InChI is InChI=1S/C13H11ClN4O/c14-10-6-13-16-12(17-18(13)7-11(10)15)8-19-9-4-2-1-3-5-9/h1-7H,8,15H2. The monoisotopic (exact) mass is 274 g/mol. The lowest BCUT2D eigenvalue weighted by molar-refractivity contribution is 0.296. The molecule has 6 heteroatoms. The maximum absolute atomic E-state index is 5.93. The Morgan fingerprint density at radius 2 is 2.05 bits per heavy atom. The van der Waals surface area contributed by atoms with Gasteiger partial charge in [-0.05, 0) is 12.1 Å². The van der Waals surface area contributed by atoms with Gasteiger partial charge >= 0.3 is 0 Å². The molecule has 2 N–H and O–H groups in total. The van der Waals surface area contributed by atoms with E-state index in [1.807, 2.05) is 30.3 Å². The number of para-hydroxylation sites is 1. The van der Waals surface area contributed by atoms with Crippen LogP contribution in [0, 0.1) is 0 Å². The molecular weight excluding hydrogens is 264 g/mol. The first-order chi connectivity index (χ1) is 9.22. The van der Waals surface area contributed by atoms with Gasteiger partial charge in [-0.3, -0.25) is 0 Å². The van der Waals surface area contributed by atoms with E-state index in [1.165, 1.54) is 0 Å². The molecule has 0 amide bonds. The molecule has 2 aromatic heterocycles. The van der Waals surface area contributed by atoms with Crippen molar-refractivity contribution in [3.63, 3.8) is 0 Å². The predicted octanol–water partition coefficient (Wildman–Crippen LogP) is 2.54. The highest BCUT2D eigenvalue weighted by atomic mass is 35.5. The maximum atomic E-state index is 5.93. The second-order valence-corrected chi connectivity index (χ2v) is 4.42. The Bertz CT molecular complexity index is 672. The van der Waals surface area contributed by atoms with Crippen LogP contribution in [0.2, 0.25) is 5.02 Å². The molecule has 0 unspecified atom stereocenters. The van der Waals surface area contributed by atoms with Crippen molar-refractivity contribution in [1.82, 2.24) is 14.6 Å². The molecule has 0 fully saturated rings. The molecule has 0 atom stereocenters. The number of hydrogen-bond donors (Lipinski definition) is 1. The number of pyridine rings is 1. The molecule has 0 aliphatic rings. The van der Waals surface area contributed by atoms with Gasteiger partial charge in [0.25, 0.3) is 0 Å². The van der Waals surface area contributed by atoms with Crippen molar-refractivity contribution in [2.45, 2.75) is 6.61 Å². The van der Waals surface area contributed by atoms with E-state index in [-0.39, 0.29) is 0 Å². The van der Waals surface area contributed by atoms with E-state index in [4.69, 9.17) is 22.1 Å². The quantitative estimate of drug-likeness (QED) is 0.797. The van der Waals surface area contributed by atoms with Gasteiger partial charge in [-0.2, -0.15) is 0 Å². The zero-order chi connectivity index (χ0) is 13.2. The van der Waals surface area contributed by atoms with E-state index in [0.717, 1.165) is 5.75 Å². The van der Waals surface area contributed by atoms with E-state index < -0.39 is 0 Å². The number of ether oxygens (including phenoxy) is 1. The first kappa shape index (κ1) is 11.8. The van der Waals surface area contributed by atoms with Crippen LogP contribution in [0.25, 0.3) is 5.65 Å². The number of rotatable bonds is 3. The summed E-state index contributed by atoms with van der Waals surface area (Å²) >= 11 is 5.93. The summed E-state index contributed by atoms with van der Waals surface area (Å²) in [6.45, 7) is 0.295. The lowest BCUT2D eigenvalue weighted by atomic mass is 10.3. The highest BCUT2D eigenvalue weighted by Crippen LogP contribution is 2.19. The fraction of sp³-hybridized carbons (Fsp3) is 0.0769. The normalized spacial score (nSPS) is 10.8. The van der Waals surface area contributed by atoms with Crippen LogP contribution in [0.1, 0.15) is 5.82 Å². The first-order valence-electron chi connectivity index (χ1n) is 5.70. The van der Waals surface area contributed by atoms with Gasteiger partial charge in [0.15, 0.2) is 11.5 Å². The second kappa shape index (κ2) is 4.78. The maximum Gasteiger partial charge on any atom is 0.189 e. The van der Waals surface area contributed by atoms with Crippen LogP contribution < -0.4 is 10.5 Å². The zero-order valence-electron chi connectivity index (χ0n) is 9.95. The van der Waals surface area contributed by atoms with Crippen LogP contribution in [0.3, 0.4) is 0 Å². The van der Waals surface area contributed by atoms with Gasteiger partial charge in [-0.1, -0.05) is 29.8 Å². The van der Waals surface area contributed by atoms with Crippen LogP contribution in [0.5, 0.6) is 5.75 Å². The minimum absolute atomic E-state index is 0.295. The molecule has 1 aromatic carbocycles. The summed E-state index contributed by atoms with van der Waals surface area (Å²) in [5.74, 6) is 1.35. The third kappa shape index (κ3) is 2.46.